The first-order valence-electron chi connectivity index (χ1n) is 13.1. The summed E-state index contributed by atoms with van der Waals surface area (Å²) in [5.41, 5.74) is 2.93. The molecule has 1 aliphatic heterocycles. The third-order valence-electron chi connectivity index (χ3n) is 6.89. The smallest absolute Gasteiger partial charge is 0.251 e. The molecule has 2 aromatic carbocycles. The molecule has 3 heterocycles. The lowest BCUT2D eigenvalue weighted by molar-refractivity contribution is 0.0916. The van der Waals surface area contributed by atoms with E-state index in [0.717, 1.165) is 25.9 Å². The van der Waals surface area contributed by atoms with Crippen molar-refractivity contribution in [1.29, 1.82) is 0 Å². The summed E-state index contributed by atoms with van der Waals surface area (Å²) in [6.07, 6.45) is 3.49. The Hall–Kier alpha value is -3.96. The number of nitrogens with one attached hydrogen (secondary N) is 3. The highest BCUT2D eigenvalue weighted by atomic mass is 35.5. The van der Waals surface area contributed by atoms with Gasteiger partial charge in [-0.25, -0.2) is 14.4 Å². The molecular weight excluding hydrogens is 535 g/mol. The van der Waals surface area contributed by atoms with E-state index in [0.29, 0.717) is 45.7 Å². The number of carbonyl (C=O) groups is 1. The van der Waals surface area contributed by atoms with Crippen molar-refractivity contribution >= 4 is 51.9 Å². The van der Waals surface area contributed by atoms with Gasteiger partial charge in [0.1, 0.15) is 17.1 Å². The number of halogens is 2. The fourth-order valence-electron chi connectivity index (χ4n) is 4.71. The van der Waals surface area contributed by atoms with Crippen molar-refractivity contribution in [2.24, 2.45) is 0 Å². The predicted molar refractivity (Wildman–Crippen MR) is 155 cm³/mol. The van der Waals surface area contributed by atoms with E-state index in [2.05, 4.69) is 37.9 Å². The summed E-state index contributed by atoms with van der Waals surface area (Å²) in [4.78, 5) is 28.9. The minimum Gasteiger partial charge on any atom is -0.495 e. The third-order valence-corrected chi connectivity index (χ3v) is 7.18. The first kappa shape index (κ1) is 27.6. The van der Waals surface area contributed by atoms with Gasteiger partial charge in [0, 0.05) is 23.3 Å². The van der Waals surface area contributed by atoms with Crippen molar-refractivity contribution in [2.45, 2.75) is 38.8 Å². The third kappa shape index (κ3) is 5.95. The Labute approximate surface area is 236 Å². The first-order chi connectivity index (χ1) is 19.2. The van der Waals surface area contributed by atoms with Gasteiger partial charge in [-0.15, -0.1) is 0 Å². The second-order valence-electron chi connectivity index (χ2n) is 10.1. The molecule has 4 aromatic rings. The maximum Gasteiger partial charge on any atom is 0.251 e. The molecule has 10 nitrogen and oxygen atoms in total. The Morgan fingerprint density at radius 2 is 1.90 bits per heavy atom. The van der Waals surface area contributed by atoms with Crippen LogP contribution >= 0.6 is 11.6 Å². The number of hydrogen-bond acceptors (Lipinski definition) is 8. The van der Waals surface area contributed by atoms with Crippen LogP contribution in [0.25, 0.3) is 11.2 Å². The number of carbonyl (C=O) groups excluding carboxylic acids is 1. The number of piperidine rings is 1. The summed E-state index contributed by atoms with van der Waals surface area (Å²) in [5.74, 6) is 0.740. The number of amides is 1. The first-order valence-corrected chi connectivity index (χ1v) is 13.5. The van der Waals surface area contributed by atoms with Crippen LogP contribution in [0.1, 0.15) is 43.1 Å². The minimum absolute atomic E-state index is 0.00284. The zero-order valence-electron chi connectivity index (χ0n) is 22.8. The van der Waals surface area contributed by atoms with Crippen molar-refractivity contribution in [1.82, 2.24) is 29.7 Å². The van der Waals surface area contributed by atoms with Gasteiger partial charge in [0.25, 0.3) is 5.91 Å². The van der Waals surface area contributed by atoms with E-state index in [1.165, 1.54) is 12.1 Å². The van der Waals surface area contributed by atoms with E-state index < -0.39 is 5.82 Å². The van der Waals surface area contributed by atoms with Crippen molar-refractivity contribution in [3.63, 3.8) is 0 Å². The predicted octanol–water partition coefficient (Wildman–Crippen LogP) is 5.52. The number of fused-ring (bicyclic) bond motifs is 1. The molecule has 2 aromatic heterocycles. The van der Waals surface area contributed by atoms with Crippen LogP contribution < -0.4 is 20.7 Å². The molecule has 0 atom stereocenters. The molecule has 12 heteroatoms. The maximum atomic E-state index is 13.6. The quantitative estimate of drug-likeness (QED) is 0.256. The molecule has 1 aliphatic rings. The molecule has 3 N–H and O–H groups in total. The molecule has 1 saturated heterocycles. The zero-order valence-corrected chi connectivity index (χ0v) is 23.6. The number of benzene rings is 2. The topological polar surface area (TPSA) is 109 Å². The molecular formula is C28H32ClFN8O2. The molecule has 0 unspecified atom stereocenters. The molecule has 210 valence electrons. The summed E-state index contributed by atoms with van der Waals surface area (Å²) in [6, 6.07) is 9.80. The summed E-state index contributed by atoms with van der Waals surface area (Å²) < 4.78 is 21.1. The lowest BCUT2D eigenvalue weighted by Gasteiger charge is -2.29. The van der Waals surface area contributed by atoms with Gasteiger partial charge in [-0.05, 0) is 83.2 Å². The van der Waals surface area contributed by atoms with Gasteiger partial charge in [0.05, 0.1) is 24.0 Å². The van der Waals surface area contributed by atoms with Gasteiger partial charge >= 0.3 is 0 Å². The van der Waals surface area contributed by atoms with Crippen molar-refractivity contribution in [3.05, 3.63) is 59.0 Å². The molecule has 1 fully saturated rings. The van der Waals surface area contributed by atoms with Gasteiger partial charge in [-0.1, -0.05) is 11.6 Å². The van der Waals surface area contributed by atoms with Crippen molar-refractivity contribution in [2.75, 3.05) is 37.9 Å². The number of methoxy groups -OCH3 is 1. The summed E-state index contributed by atoms with van der Waals surface area (Å²) in [5, 5.41) is 9.55. The average molecular weight is 567 g/mol. The Morgan fingerprint density at radius 3 is 2.60 bits per heavy atom. The van der Waals surface area contributed by atoms with Crippen LogP contribution in [0.5, 0.6) is 5.75 Å². The van der Waals surface area contributed by atoms with Crippen LogP contribution in [0.15, 0.2) is 42.6 Å². The maximum absolute atomic E-state index is 13.6. The number of rotatable bonds is 8. The van der Waals surface area contributed by atoms with Crippen LogP contribution in [0.2, 0.25) is 5.02 Å². The monoisotopic (exact) mass is 566 g/mol. The van der Waals surface area contributed by atoms with Crippen LogP contribution in [0.3, 0.4) is 0 Å². The standard InChI is InChI=1S/C28H32ClFN8O2/c1-16(2)38-25-23(35-28(38)33-19-6-7-21(30)20(29)14-19)15-31-27(36-25)34-22-8-5-17(13-24(22)40-4)26(39)32-18-9-11-37(3)12-10-18/h5-8,13-16,18H,9-12H2,1-4H3,(H,32,39)(H,33,35)(H,31,34,36). The number of ether oxygens (including phenoxy) is 1. The fraction of sp³-hybridized carbons (Fsp3) is 0.357. The number of nitrogens with zero attached hydrogens (tertiary/aromatic N) is 5. The van der Waals surface area contributed by atoms with Gasteiger partial charge in [-0.3, -0.25) is 9.36 Å². The molecule has 5 rings (SSSR count). The minimum atomic E-state index is -0.493. The Balaban J connectivity index is 1.37. The number of likely N-dealkylation sites (tertiary alicyclic amines) is 1. The highest BCUT2D eigenvalue weighted by Gasteiger charge is 2.21. The van der Waals surface area contributed by atoms with Gasteiger partial charge in [-0.2, -0.15) is 4.98 Å². The summed E-state index contributed by atoms with van der Waals surface area (Å²) >= 11 is 5.95. The molecule has 0 aliphatic carbocycles. The zero-order chi connectivity index (χ0) is 28.4. The highest BCUT2D eigenvalue weighted by Crippen LogP contribution is 2.31. The second-order valence-corrected chi connectivity index (χ2v) is 10.6. The lowest BCUT2D eigenvalue weighted by Crippen LogP contribution is -2.43. The molecule has 40 heavy (non-hydrogen) atoms. The fourth-order valence-corrected chi connectivity index (χ4v) is 4.89. The number of imidazole rings is 1. The van der Waals surface area contributed by atoms with Crippen molar-refractivity contribution < 1.29 is 13.9 Å². The number of hydrogen-bond donors (Lipinski definition) is 3. The van der Waals surface area contributed by atoms with Crippen LogP contribution in [-0.4, -0.2) is 63.6 Å². The van der Waals surface area contributed by atoms with Crippen LogP contribution in [-0.2, 0) is 0 Å². The van der Waals surface area contributed by atoms with E-state index in [4.69, 9.17) is 21.3 Å². The van der Waals surface area contributed by atoms with Crippen molar-refractivity contribution in [3.8, 4) is 5.75 Å². The van der Waals surface area contributed by atoms with Crippen LogP contribution in [0, 0.1) is 5.82 Å². The normalized spacial score (nSPS) is 14.5. The molecule has 0 saturated carbocycles. The number of anilines is 4. The molecule has 0 spiro atoms. The SMILES string of the molecule is COc1cc(C(=O)NC2CCN(C)CC2)ccc1Nc1ncc2nc(Nc3ccc(F)c(Cl)c3)n(C(C)C)c2n1. The molecule has 1 amide bonds. The Kier molecular flexibility index (Phi) is 8.04. The Bertz CT molecular complexity index is 1530. The van der Waals surface area contributed by atoms with E-state index in [9.17, 15) is 9.18 Å². The van der Waals surface area contributed by atoms with Crippen LogP contribution in [0.4, 0.5) is 27.7 Å². The van der Waals surface area contributed by atoms with E-state index in [-0.39, 0.29) is 23.0 Å². The summed E-state index contributed by atoms with van der Waals surface area (Å²) in [6.45, 7) is 5.96. The van der Waals surface area contributed by atoms with E-state index in [1.54, 1.807) is 37.6 Å². The van der Waals surface area contributed by atoms with E-state index in [1.807, 2.05) is 18.4 Å². The van der Waals surface area contributed by atoms with Gasteiger partial charge in [0.2, 0.25) is 11.9 Å². The van der Waals surface area contributed by atoms with E-state index >= 15 is 0 Å². The Morgan fingerprint density at radius 1 is 1.12 bits per heavy atom. The highest BCUT2D eigenvalue weighted by molar-refractivity contribution is 6.31. The molecule has 0 bridgehead atoms. The largest absolute Gasteiger partial charge is 0.495 e. The second kappa shape index (κ2) is 11.6. The average Bonchev–Trinajstić information content (AvgIpc) is 3.29. The van der Waals surface area contributed by atoms with Gasteiger partial charge < -0.3 is 25.6 Å². The molecule has 0 radical (unpaired) electrons. The summed E-state index contributed by atoms with van der Waals surface area (Å²) in [7, 11) is 3.64. The lowest BCUT2D eigenvalue weighted by atomic mass is 10.0. The van der Waals surface area contributed by atoms with Gasteiger partial charge in [0.15, 0.2) is 5.65 Å². The number of aromatic nitrogens is 4.